The minimum Gasteiger partial charge on any atom is -0.342 e. The summed E-state index contributed by atoms with van der Waals surface area (Å²) in [5.41, 5.74) is 0. The fourth-order valence-corrected chi connectivity index (χ4v) is 4.27. The van der Waals surface area contributed by atoms with E-state index in [4.69, 9.17) is 0 Å². The Kier molecular flexibility index (Phi) is 6.98. The molecular formula is C17H26N4O4S. The van der Waals surface area contributed by atoms with Gasteiger partial charge in [-0.05, 0) is 26.0 Å². The molecule has 0 radical (unpaired) electrons. The topological polar surface area (TPSA) is 90.0 Å². The highest BCUT2D eigenvalue weighted by molar-refractivity contribution is 7.89. The summed E-state index contributed by atoms with van der Waals surface area (Å²) >= 11 is 0. The van der Waals surface area contributed by atoms with Gasteiger partial charge in [-0.25, -0.2) is 13.2 Å². The van der Waals surface area contributed by atoms with Crippen molar-refractivity contribution < 1.29 is 18.0 Å². The summed E-state index contributed by atoms with van der Waals surface area (Å²) in [6.07, 6.45) is 0. The zero-order valence-electron chi connectivity index (χ0n) is 15.2. The molecule has 3 amide bonds. The number of hydrogen-bond donors (Lipinski definition) is 1. The van der Waals surface area contributed by atoms with Crippen molar-refractivity contribution in [1.82, 2.24) is 19.4 Å². The lowest BCUT2D eigenvalue weighted by Gasteiger charge is -2.34. The van der Waals surface area contributed by atoms with Crippen molar-refractivity contribution in [3.63, 3.8) is 0 Å². The van der Waals surface area contributed by atoms with Gasteiger partial charge in [-0.3, -0.25) is 4.79 Å². The minimum absolute atomic E-state index is 0.0525. The van der Waals surface area contributed by atoms with Gasteiger partial charge in [0.05, 0.1) is 11.4 Å². The molecule has 0 unspecified atom stereocenters. The highest BCUT2D eigenvalue weighted by atomic mass is 32.2. The number of sulfonamides is 1. The molecule has 1 aromatic carbocycles. The number of nitrogens with zero attached hydrogens (tertiary/aromatic N) is 3. The van der Waals surface area contributed by atoms with E-state index in [0.29, 0.717) is 13.1 Å². The fourth-order valence-electron chi connectivity index (χ4n) is 2.82. The molecule has 0 spiro atoms. The van der Waals surface area contributed by atoms with Crippen LogP contribution in [0.1, 0.15) is 13.8 Å². The van der Waals surface area contributed by atoms with Crippen LogP contribution in [-0.4, -0.2) is 80.3 Å². The highest BCUT2D eigenvalue weighted by Gasteiger charge is 2.30. The molecule has 9 heteroatoms. The lowest BCUT2D eigenvalue weighted by Crippen LogP contribution is -2.54. The van der Waals surface area contributed by atoms with E-state index >= 15 is 0 Å². The smallest absolute Gasteiger partial charge is 0.317 e. The van der Waals surface area contributed by atoms with Crippen LogP contribution in [0.25, 0.3) is 0 Å². The van der Waals surface area contributed by atoms with Crippen molar-refractivity contribution in [2.24, 2.45) is 0 Å². The normalized spacial score (nSPS) is 15.5. The number of benzene rings is 1. The van der Waals surface area contributed by atoms with Crippen LogP contribution < -0.4 is 5.32 Å². The number of likely N-dealkylation sites (N-methyl/N-ethyl adjacent to an activating group) is 1. The summed E-state index contributed by atoms with van der Waals surface area (Å²) in [4.78, 5) is 27.6. The van der Waals surface area contributed by atoms with Crippen LogP contribution in [0.15, 0.2) is 35.2 Å². The first kappa shape index (κ1) is 20.2. The van der Waals surface area contributed by atoms with Gasteiger partial charge in [0.15, 0.2) is 0 Å². The van der Waals surface area contributed by atoms with Gasteiger partial charge in [-0.1, -0.05) is 18.2 Å². The molecule has 0 aromatic heterocycles. The summed E-state index contributed by atoms with van der Waals surface area (Å²) < 4.78 is 26.5. The van der Waals surface area contributed by atoms with Crippen molar-refractivity contribution in [3.05, 3.63) is 30.3 Å². The summed E-state index contributed by atoms with van der Waals surface area (Å²) in [7, 11) is -3.54. The number of urea groups is 1. The Labute approximate surface area is 154 Å². The van der Waals surface area contributed by atoms with Gasteiger partial charge < -0.3 is 15.1 Å². The van der Waals surface area contributed by atoms with Crippen LogP contribution in [0.5, 0.6) is 0 Å². The molecule has 1 N–H and O–H groups in total. The van der Waals surface area contributed by atoms with Gasteiger partial charge in [-0.2, -0.15) is 4.31 Å². The first-order chi connectivity index (χ1) is 12.4. The predicted molar refractivity (Wildman–Crippen MR) is 98.1 cm³/mol. The van der Waals surface area contributed by atoms with Crippen LogP contribution in [-0.2, 0) is 14.8 Å². The Morgan fingerprint density at radius 2 is 1.62 bits per heavy atom. The highest BCUT2D eigenvalue weighted by Crippen LogP contribution is 2.17. The van der Waals surface area contributed by atoms with Gasteiger partial charge in [-0.15, -0.1) is 0 Å². The van der Waals surface area contributed by atoms with Crippen LogP contribution in [0, 0.1) is 0 Å². The molecule has 8 nitrogen and oxygen atoms in total. The third-order valence-corrected chi connectivity index (χ3v) is 6.33. The second-order valence-electron chi connectivity index (χ2n) is 5.93. The van der Waals surface area contributed by atoms with Crippen molar-refractivity contribution in [2.45, 2.75) is 18.7 Å². The molecule has 2 rings (SSSR count). The molecule has 1 heterocycles. The van der Waals surface area contributed by atoms with Crippen LogP contribution in [0.3, 0.4) is 0 Å². The van der Waals surface area contributed by atoms with Gasteiger partial charge >= 0.3 is 6.03 Å². The molecule has 0 atom stereocenters. The van der Waals surface area contributed by atoms with E-state index < -0.39 is 10.0 Å². The van der Waals surface area contributed by atoms with Crippen molar-refractivity contribution in [3.8, 4) is 0 Å². The average Bonchev–Trinajstić information content (AvgIpc) is 2.68. The largest absolute Gasteiger partial charge is 0.342 e. The van der Waals surface area contributed by atoms with E-state index in [-0.39, 0.29) is 49.6 Å². The maximum atomic E-state index is 12.6. The zero-order valence-corrected chi connectivity index (χ0v) is 16.0. The summed E-state index contributed by atoms with van der Waals surface area (Å²) in [6, 6.07) is 7.91. The number of carbonyl (C=O) groups is 2. The maximum absolute atomic E-state index is 12.6. The van der Waals surface area contributed by atoms with E-state index in [1.807, 2.05) is 13.8 Å². The molecule has 144 valence electrons. The maximum Gasteiger partial charge on any atom is 0.317 e. The molecule has 0 saturated carbocycles. The third-order valence-electron chi connectivity index (χ3n) is 4.41. The minimum atomic E-state index is -3.54. The number of amides is 3. The quantitative estimate of drug-likeness (QED) is 0.779. The second-order valence-corrected chi connectivity index (χ2v) is 7.87. The van der Waals surface area contributed by atoms with Gasteiger partial charge in [0.2, 0.25) is 15.9 Å². The second kappa shape index (κ2) is 9.00. The lowest BCUT2D eigenvalue weighted by atomic mass is 10.4. The molecule has 26 heavy (non-hydrogen) atoms. The number of rotatable bonds is 6. The molecular weight excluding hydrogens is 356 g/mol. The number of hydrogen-bond acceptors (Lipinski definition) is 4. The number of nitrogens with one attached hydrogen (secondary N) is 1. The Morgan fingerprint density at radius 3 is 2.15 bits per heavy atom. The average molecular weight is 382 g/mol. The van der Waals surface area contributed by atoms with Gasteiger partial charge in [0.1, 0.15) is 0 Å². The Balaban J connectivity index is 1.86. The Hall–Kier alpha value is -2.13. The molecule has 1 aliphatic heterocycles. The first-order valence-electron chi connectivity index (χ1n) is 8.75. The molecule has 0 bridgehead atoms. The molecule has 1 saturated heterocycles. The first-order valence-corrected chi connectivity index (χ1v) is 10.2. The van der Waals surface area contributed by atoms with Gasteiger partial charge in [0.25, 0.3) is 0 Å². The Morgan fingerprint density at radius 1 is 1.04 bits per heavy atom. The van der Waals surface area contributed by atoms with Crippen LogP contribution in [0.2, 0.25) is 0 Å². The number of piperazine rings is 1. The predicted octanol–water partition coefficient (Wildman–Crippen LogP) is 0.571. The summed E-state index contributed by atoms with van der Waals surface area (Å²) in [6.45, 7) is 5.95. The van der Waals surface area contributed by atoms with E-state index in [0.717, 1.165) is 0 Å². The van der Waals surface area contributed by atoms with E-state index in [9.17, 15) is 18.0 Å². The number of carbonyl (C=O) groups excluding carboxylic acids is 2. The summed E-state index contributed by atoms with van der Waals surface area (Å²) in [5, 5.41) is 2.61. The lowest BCUT2D eigenvalue weighted by molar-refractivity contribution is -0.129. The van der Waals surface area contributed by atoms with E-state index in [2.05, 4.69) is 5.32 Å². The standard InChI is InChI=1S/C17H26N4O4S/c1-3-19(4-2)16(22)14-18-17(23)20-10-12-21(13-11-20)26(24,25)15-8-6-5-7-9-15/h5-9H,3-4,10-14H2,1-2H3,(H,18,23). The van der Waals surface area contributed by atoms with Crippen molar-refractivity contribution in [2.75, 3.05) is 45.8 Å². The SMILES string of the molecule is CCN(CC)C(=O)CNC(=O)N1CCN(S(=O)(=O)c2ccccc2)CC1. The van der Waals surface area contributed by atoms with Crippen molar-refractivity contribution >= 4 is 22.0 Å². The molecule has 1 aliphatic rings. The van der Waals surface area contributed by atoms with E-state index in [1.165, 1.54) is 9.21 Å². The van der Waals surface area contributed by atoms with Crippen LogP contribution >= 0.6 is 0 Å². The Bertz CT molecular complexity index is 712. The summed E-state index contributed by atoms with van der Waals surface area (Å²) in [5.74, 6) is -0.131. The molecule has 1 aromatic rings. The molecule has 1 fully saturated rings. The van der Waals surface area contributed by atoms with Gasteiger partial charge in [0, 0.05) is 39.3 Å². The zero-order chi connectivity index (χ0) is 19.2. The third kappa shape index (κ3) is 4.73. The fraction of sp³-hybridized carbons (Fsp3) is 0.529. The monoisotopic (exact) mass is 382 g/mol. The van der Waals surface area contributed by atoms with E-state index in [1.54, 1.807) is 35.2 Å². The van der Waals surface area contributed by atoms with Crippen LogP contribution in [0.4, 0.5) is 4.79 Å². The molecule has 0 aliphatic carbocycles. The van der Waals surface area contributed by atoms with Crippen molar-refractivity contribution in [1.29, 1.82) is 0 Å².